The molecule has 2 N–H and O–H groups in total. The Labute approximate surface area is 101 Å². The number of rotatable bonds is 4. The van der Waals surface area contributed by atoms with Gasteiger partial charge >= 0.3 is 0 Å². The summed E-state index contributed by atoms with van der Waals surface area (Å²) >= 11 is 0. The van der Waals surface area contributed by atoms with E-state index in [1.165, 1.54) is 0 Å². The highest BCUT2D eigenvalue weighted by Crippen LogP contribution is 2.00. The Bertz CT molecular complexity index is 465. The zero-order valence-corrected chi connectivity index (χ0v) is 10.8. The third kappa shape index (κ3) is 3.69. The largest absolute Gasteiger partial charge is 0.353 e. The van der Waals surface area contributed by atoms with Gasteiger partial charge in [-0.2, -0.15) is 0 Å². The van der Waals surface area contributed by atoms with E-state index in [1.807, 2.05) is 13.8 Å². The van der Waals surface area contributed by atoms with Crippen LogP contribution in [-0.2, 0) is 11.2 Å². The molecule has 94 valence electrons. The number of hydrogen-bond acceptors (Lipinski definition) is 3. The Hall–Kier alpha value is -1.65. The Morgan fingerprint density at radius 3 is 2.65 bits per heavy atom. The van der Waals surface area contributed by atoms with Crippen LogP contribution in [0.2, 0.25) is 0 Å². The first-order chi connectivity index (χ1) is 7.93. The molecule has 0 radical (unpaired) electrons. The van der Waals surface area contributed by atoms with Crippen LogP contribution in [0.5, 0.6) is 0 Å². The molecular weight excluding hydrogens is 218 g/mol. The van der Waals surface area contributed by atoms with E-state index in [1.54, 1.807) is 13.8 Å². The van der Waals surface area contributed by atoms with Crippen molar-refractivity contribution < 1.29 is 4.79 Å². The lowest BCUT2D eigenvalue weighted by Crippen LogP contribution is -2.35. The first kappa shape index (κ1) is 13.4. The van der Waals surface area contributed by atoms with E-state index in [4.69, 9.17) is 0 Å². The van der Waals surface area contributed by atoms with E-state index in [0.29, 0.717) is 17.1 Å². The molecule has 0 aromatic carbocycles. The SMILES string of the molecule is CCC(C)NC(=O)Cc1c(C)nc(C)[nH]c1=O. The van der Waals surface area contributed by atoms with Gasteiger partial charge in [-0.05, 0) is 27.2 Å². The lowest BCUT2D eigenvalue weighted by atomic mass is 10.1. The van der Waals surface area contributed by atoms with Crippen molar-refractivity contribution in [2.75, 3.05) is 0 Å². The molecule has 1 unspecified atom stereocenters. The second kappa shape index (κ2) is 5.61. The highest BCUT2D eigenvalue weighted by molar-refractivity contribution is 5.78. The third-order valence-corrected chi connectivity index (χ3v) is 2.70. The van der Waals surface area contributed by atoms with Crippen LogP contribution in [-0.4, -0.2) is 21.9 Å². The van der Waals surface area contributed by atoms with Crippen LogP contribution in [0, 0.1) is 13.8 Å². The van der Waals surface area contributed by atoms with Gasteiger partial charge in [0, 0.05) is 17.3 Å². The molecule has 1 aromatic rings. The summed E-state index contributed by atoms with van der Waals surface area (Å²) in [5, 5.41) is 2.83. The van der Waals surface area contributed by atoms with Gasteiger partial charge in [0.1, 0.15) is 5.82 Å². The van der Waals surface area contributed by atoms with Crippen LogP contribution in [0.1, 0.15) is 37.4 Å². The monoisotopic (exact) mass is 237 g/mol. The number of aromatic nitrogens is 2. The van der Waals surface area contributed by atoms with Crippen molar-refractivity contribution in [3.8, 4) is 0 Å². The van der Waals surface area contributed by atoms with Crippen LogP contribution in [0.25, 0.3) is 0 Å². The number of carbonyl (C=O) groups excluding carboxylic acids is 1. The van der Waals surface area contributed by atoms with E-state index in [9.17, 15) is 9.59 Å². The molecular formula is C12H19N3O2. The Morgan fingerprint density at radius 2 is 2.12 bits per heavy atom. The molecule has 17 heavy (non-hydrogen) atoms. The quantitative estimate of drug-likeness (QED) is 0.815. The van der Waals surface area contributed by atoms with Crippen LogP contribution < -0.4 is 10.9 Å². The molecule has 1 atom stereocenters. The predicted octanol–water partition coefficient (Wildman–Crippen LogP) is 0.844. The maximum atomic E-state index is 11.7. The second-order valence-electron chi connectivity index (χ2n) is 4.27. The summed E-state index contributed by atoms with van der Waals surface area (Å²) in [6.45, 7) is 7.39. The fourth-order valence-corrected chi connectivity index (χ4v) is 1.55. The number of carbonyl (C=O) groups is 1. The fourth-order valence-electron chi connectivity index (χ4n) is 1.55. The molecule has 0 aliphatic heterocycles. The summed E-state index contributed by atoms with van der Waals surface area (Å²) in [6, 6.07) is 0.125. The minimum atomic E-state index is -0.227. The lowest BCUT2D eigenvalue weighted by Gasteiger charge is -2.11. The third-order valence-electron chi connectivity index (χ3n) is 2.70. The number of nitrogens with one attached hydrogen (secondary N) is 2. The zero-order valence-electron chi connectivity index (χ0n) is 10.8. The molecule has 0 spiro atoms. The van der Waals surface area contributed by atoms with Crippen LogP contribution in [0.4, 0.5) is 0 Å². The molecule has 0 bridgehead atoms. The number of nitrogens with zero attached hydrogens (tertiary/aromatic N) is 1. The maximum absolute atomic E-state index is 11.7. The van der Waals surface area contributed by atoms with Gasteiger partial charge in [-0.3, -0.25) is 9.59 Å². The van der Waals surface area contributed by atoms with Crippen molar-refractivity contribution >= 4 is 5.91 Å². The molecule has 1 amide bonds. The smallest absolute Gasteiger partial charge is 0.254 e. The number of H-pyrrole nitrogens is 1. The Kier molecular flexibility index (Phi) is 4.43. The predicted molar refractivity (Wildman–Crippen MR) is 65.9 cm³/mol. The van der Waals surface area contributed by atoms with E-state index in [0.717, 1.165) is 6.42 Å². The van der Waals surface area contributed by atoms with Crippen LogP contribution in [0.3, 0.4) is 0 Å². The van der Waals surface area contributed by atoms with Crippen molar-refractivity contribution in [3.05, 3.63) is 27.4 Å². The molecule has 0 aliphatic carbocycles. The summed E-state index contributed by atoms with van der Waals surface area (Å²) < 4.78 is 0. The number of aryl methyl sites for hydroxylation is 2. The zero-order chi connectivity index (χ0) is 13.0. The summed E-state index contributed by atoms with van der Waals surface area (Å²) in [7, 11) is 0. The minimum Gasteiger partial charge on any atom is -0.353 e. The van der Waals surface area contributed by atoms with Crippen LogP contribution in [0.15, 0.2) is 4.79 Å². The molecule has 0 fully saturated rings. The summed E-state index contributed by atoms with van der Waals surface area (Å²) in [5.41, 5.74) is 0.830. The van der Waals surface area contributed by atoms with Crippen LogP contribution >= 0.6 is 0 Å². The molecule has 1 aromatic heterocycles. The number of amides is 1. The highest BCUT2D eigenvalue weighted by Gasteiger charge is 2.12. The van der Waals surface area contributed by atoms with Gasteiger partial charge in [-0.15, -0.1) is 0 Å². The van der Waals surface area contributed by atoms with Crippen molar-refractivity contribution in [1.82, 2.24) is 15.3 Å². The molecule has 1 rings (SSSR count). The molecule has 1 heterocycles. The fraction of sp³-hybridized carbons (Fsp3) is 0.583. The average molecular weight is 237 g/mol. The maximum Gasteiger partial charge on any atom is 0.254 e. The second-order valence-corrected chi connectivity index (χ2v) is 4.27. The molecule has 0 aliphatic rings. The molecule has 5 nitrogen and oxygen atoms in total. The average Bonchev–Trinajstić information content (AvgIpc) is 2.23. The van der Waals surface area contributed by atoms with E-state index < -0.39 is 0 Å². The summed E-state index contributed by atoms with van der Waals surface area (Å²) in [5.74, 6) is 0.428. The minimum absolute atomic E-state index is 0.0821. The lowest BCUT2D eigenvalue weighted by molar-refractivity contribution is -0.121. The summed E-state index contributed by atoms with van der Waals surface area (Å²) in [6.07, 6.45) is 0.950. The van der Waals surface area contributed by atoms with E-state index in [-0.39, 0.29) is 23.9 Å². The highest BCUT2D eigenvalue weighted by atomic mass is 16.2. The first-order valence-corrected chi connectivity index (χ1v) is 5.79. The topological polar surface area (TPSA) is 74.8 Å². The molecule has 5 heteroatoms. The van der Waals surface area contributed by atoms with E-state index in [2.05, 4.69) is 15.3 Å². The standard InChI is InChI=1S/C12H19N3O2/c1-5-7(2)13-11(16)6-10-8(3)14-9(4)15-12(10)17/h7H,5-6H2,1-4H3,(H,13,16)(H,14,15,17). The number of hydrogen-bond donors (Lipinski definition) is 2. The van der Waals surface area contributed by atoms with Gasteiger partial charge in [0.05, 0.1) is 6.42 Å². The van der Waals surface area contributed by atoms with Gasteiger partial charge < -0.3 is 10.3 Å². The first-order valence-electron chi connectivity index (χ1n) is 5.79. The van der Waals surface area contributed by atoms with Gasteiger partial charge in [0.15, 0.2) is 0 Å². The molecule has 0 saturated carbocycles. The van der Waals surface area contributed by atoms with Gasteiger partial charge in [-0.1, -0.05) is 6.92 Å². The normalized spacial score (nSPS) is 12.2. The van der Waals surface area contributed by atoms with Gasteiger partial charge in [0.2, 0.25) is 5.91 Å². The number of aromatic amines is 1. The van der Waals surface area contributed by atoms with Crippen molar-refractivity contribution in [2.24, 2.45) is 0 Å². The van der Waals surface area contributed by atoms with Crippen molar-refractivity contribution in [3.63, 3.8) is 0 Å². The van der Waals surface area contributed by atoms with Gasteiger partial charge in [-0.25, -0.2) is 4.98 Å². The van der Waals surface area contributed by atoms with Gasteiger partial charge in [0.25, 0.3) is 5.56 Å². The Morgan fingerprint density at radius 1 is 1.47 bits per heavy atom. The van der Waals surface area contributed by atoms with Crippen molar-refractivity contribution in [1.29, 1.82) is 0 Å². The Balaban J connectivity index is 2.82. The summed E-state index contributed by atoms with van der Waals surface area (Å²) in [4.78, 5) is 30.1. The molecule has 0 saturated heterocycles. The van der Waals surface area contributed by atoms with Crippen molar-refractivity contribution in [2.45, 2.75) is 46.6 Å². The van der Waals surface area contributed by atoms with E-state index >= 15 is 0 Å².